The van der Waals surface area contributed by atoms with Crippen molar-refractivity contribution in [1.29, 1.82) is 0 Å². The highest BCUT2D eigenvalue weighted by atomic mass is 32.2. The molecule has 0 aromatic heterocycles. The molecule has 1 saturated carbocycles. The van der Waals surface area contributed by atoms with Gasteiger partial charge in [-0.2, -0.15) is 17.4 Å². The Bertz CT molecular complexity index is 5960. The maximum atomic E-state index is 12.5. The summed E-state index contributed by atoms with van der Waals surface area (Å²) in [5.74, 6) is -3.17. The van der Waals surface area contributed by atoms with E-state index in [1.807, 2.05) is 194 Å². The number of benzene rings is 11. The minimum absolute atomic E-state index is 0.128. The van der Waals surface area contributed by atoms with Crippen molar-refractivity contribution in [2.45, 2.75) is 239 Å². The molecule has 1 saturated heterocycles. The average molecular weight is 1990 g/mol. The Morgan fingerprint density at radius 1 is 0.482 bits per heavy atom. The first kappa shape index (κ1) is 122. The Morgan fingerprint density at radius 3 is 1.28 bits per heavy atom. The van der Waals surface area contributed by atoms with E-state index in [1.165, 1.54) is 69.0 Å². The number of carbonyl (C=O) groups is 3. The number of methoxy groups -OCH3 is 3. The molecule has 2 fully saturated rings. The van der Waals surface area contributed by atoms with Gasteiger partial charge in [0.05, 0.1) is 46.5 Å². The monoisotopic (exact) mass is 1990 g/mol. The number of alkyl halides is 2. The van der Waals surface area contributed by atoms with Crippen LogP contribution in [0, 0.1) is 76.2 Å². The van der Waals surface area contributed by atoms with Gasteiger partial charge in [0, 0.05) is 64.7 Å². The van der Waals surface area contributed by atoms with Gasteiger partial charge in [0.15, 0.2) is 0 Å². The van der Waals surface area contributed by atoms with Crippen LogP contribution in [0.5, 0.6) is 17.2 Å². The second kappa shape index (κ2) is 60.4. The number of carboxylic acids is 1. The third kappa shape index (κ3) is 49.2. The number of aromatic carboxylic acids is 1. The Balaban J connectivity index is 0.000000396. The third-order valence-electron chi connectivity index (χ3n) is 20.4. The van der Waals surface area contributed by atoms with Gasteiger partial charge in [0.2, 0.25) is 40.1 Å². The summed E-state index contributed by atoms with van der Waals surface area (Å²) in [4.78, 5) is 34.3. The normalized spacial score (nSPS) is 12.2. The molecule has 1 aliphatic carbocycles. The van der Waals surface area contributed by atoms with Crippen molar-refractivity contribution in [3.63, 3.8) is 0 Å². The number of hydrogen-bond acceptors (Lipinski definition) is 16. The molecule has 139 heavy (non-hydrogen) atoms. The first-order valence-electron chi connectivity index (χ1n) is 45.9. The first-order valence-corrected chi connectivity index (χ1v) is 51.7. The number of nitrogens with two attached hydrogens (primary N) is 1. The second-order valence-electron chi connectivity index (χ2n) is 35.7. The number of carbonyl (C=O) groups excluding carboxylic acids is 2. The molecule has 11 aromatic rings. The molecule has 0 bridgehead atoms. The zero-order valence-corrected chi connectivity index (χ0v) is 88.6. The highest BCUT2D eigenvalue weighted by Crippen LogP contribution is 2.25. The van der Waals surface area contributed by atoms with E-state index in [2.05, 4.69) is 110 Å². The molecule has 2 aliphatic rings. The molecule has 1 amide bonds. The van der Waals surface area contributed by atoms with Crippen LogP contribution in [0.3, 0.4) is 0 Å². The van der Waals surface area contributed by atoms with Crippen LogP contribution in [0.4, 0.5) is 8.78 Å². The number of amides is 1. The SMILES string of the molecule is C=CCN(C)S(=O)(=O)c1ccc(C)cc1.CCc1ccc(C)cc1.COc1cc(C)cc(C(=O)O)c1.COc1cccc(C)c1.COc1ccccc1C.Cc1ccc(CCC(=O)OC(C)(C)C)cc1.Cc1ccc(CNC(=O)C(C)(F)F)cc1.Cc1ccc(S(=O)(=O)N2CCCC2)cc1.Cc1ccc(S(=O)(=O)NC(C)(C)C)cc1.Cc1ccc(S(=O)(=O)NC2CCC2)cc1.Cc1cccc(CN)c1. The smallest absolute Gasteiger partial charge is 0.335 e. The largest absolute Gasteiger partial charge is 0.497 e. The van der Waals surface area contributed by atoms with E-state index < -0.39 is 63.4 Å². The lowest BCUT2D eigenvalue weighted by Crippen LogP contribution is -2.40. The molecule has 0 unspecified atom stereocenters. The lowest BCUT2D eigenvalue weighted by molar-refractivity contribution is -0.154. The third-order valence-corrected chi connectivity index (χ3v) is 27.5. The number of esters is 1. The van der Waals surface area contributed by atoms with Crippen LogP contribution in [-0.4, -0.2) is 136 Å². The number of halogens is 2. The number of rotatable bonds is 23. The number of para-hydroxylation sites is 1. The van der Waals surface area contributed by atoms with Crippen LogP contribution < -0.4 is 34.7 Å². The fourth-order valence-electron chi connectivity index (χ4n) is 12.3. The number of nitrogens with one attached hydrogen (secondary N) is 3. The molecule has 0 spiro atoms. The Kier molecular flexibility index (Phi) is 52.9. The van der Waals surface area contributed by atoms with Crippen LogP contribution in [0.2, 0.25) is 0 Å². The zero-order chi connectivity index (χ0) is 104. The van der Waals surface area contributed by atoms with E-state index in [1.54, 1.807) is 122 Å². The molecule has 28 heteroatoms. The fraction of sp³-hybridized carbons (Fsp3) is 0.360. The lowest BCUT2D eigenvalue weighted by Gasteiger charge is -2.26. The van der Waals surface area contributed by atoms with Gasteiger partial charge >= 0.3 is 17.9 Å². The summed E-state index contributed by atoms with van der Waals surface area (Å²) in [6.45, 7) is 41.6. The van der Waals surface area contributed by atoms with Gasteiger partial charge in [-0.05, 0) is 280 Å². The summed E-state index contributed by atoms with van der Waals surface area (Å²) < 4.78 is 149. The molecular formula is C111H148F2N6O16S4. The summed E-state index contributed by atoms with van der Waals surface area (Å²) in [7, 11) is -6.84. The first-order chi connectivity index (χ1) is 65.1. The van der Waals surface area contributed by atoms with E-state index in [-0.39, 0.29) is 29.7 Å². The number of carboxylic acid groups (broad SMARTS) is 1. The van der Waals surface area contributed by atoms with Crippen molar-refractivity contribution < 1.29 is 80.9 Å². The topological polar surface area (TPSA) is 314 Å². The molecule has 6 N–H and O–H groups in total. The lowest BCUT2D eigenvalue weighted by atomic mass is 9.94. The van der Waals surface area contributed by atoms with E-state index in [0.29, 0.717) is 64.9 Å². The van der Waals surface area contributed by atoms with Crippen molar-refractivity contribution in [2.75, 3.05) is 48.0 Å². The maximum absolute atomic E-state index is 12.5. The van der Waals surface area contributed by atoms with Crippen LogP contribution in [0.1, 0.15) is 188 Å². The van der Waals surface area contributed by atoms with E-state index in [0.717, 1.165) is 95.4 Å². The van der Waals surface area contributed by atoms with Crippen molar-refractivity contribution in [3.05, 3.63) is 363 Å². The van der Waals surface area contributed by atoms with Gasteiger partial charge in [-0.25, -0.2) is 47.9 Å². The Labute approximate surface area is 828 Å². The van der Waals surface area contributed by atoms with Gasteiger partial charge in [0.1, 0.15) is 22.8 Å². The highest BCUT2D eigenvalue weighted by molar-refractivity contribution is 7.90. The average Bonchev–Trinajstić information content (AvgIpc) is 1.81. The Morgan fingerprint density at radius 2 is 0.906 bits per heavy atom. The summed E-state index contributed by atoms with van der Waals surface area (Å²) in [5.41, 5.74) is 21.9. The van der Waals surface area contributed by atoms with Gasteiger partial charge in [0.25, 0.3) is 5.91 Å². The van der Waals surface area contributed by atoms with Crippen LogP contribution in [-0.2, 0) is 80.4 Å². The van der Waals surface area contributed by atoms with Gasteiger partial charge in [-0.15, -0.1) is 6.58 Å². The number of nitrogens with zero attached hydrogens (tertiary/aromatic N) is 2. The van der Waals surface area contributed by atoms with E-state index in [9.17, 15) is 56.8 Å². The summed E-state index contributed by atoms with van der Waals surface area (Å²) in [6, 6.07) is 80.9. The highest BCUT2D eigenvalue weighted by Gasteiger charge is 2.32. The van der Waals surface area contributed by atoms with Gasteiger partial charge in [-0.1, -0.05) is 240 Å². The van der Waals surface area contributed by atoms with E-state index >= 15 is 0 Å². The van der Waals surface area contributed by atoms with Crippen LogP contribution in [0.25, 0.3) is 0 Å². The minimum atomic E-state index is -3.38. The number of hydrogen-bond donors (Lipinski definition) is 5. The predicted molar refractivity (Wildman–Crippen MR) is 560 cm³/mol. The molecular weight excluding hydrogens is 1840 g/mol. The van der Waals surface area contributed by atoms with Crippen molar-refractivity contribution in [2.24, 2.45) is 5.73 Å². The molecule has 11 aromatic carbocycles. The number of aryl methyl sites for hydroxylation is 13. The van der Waals surface area contributed by atoms with Crippen LogP contribution in [0.15, 0.2) is 293 Å². The predicted octanol–water partition coefficient (Wildman–Crippen LogP) is 22.7. The fourth-order valence-corrected chi connectivity index (χ4v) is 17.7. The molecule has 22 nitrogen and oxygen atoms in total. The molecule has 0 radical (unpaired) electrons. The maximum Gasteiger partial charge on any atom is 0.335 e. The molecule has 13 rings (SSSR count). The van der Waals surface area contributed by atoms with Crippen molar-refractivity contribution in [1.82, 2.24) is 23.4 Å². The van der Waals surface area contributed by atoms with Crippen molar-refractivity contribution in [3.8, 4) is 17.2 Å². The number of sulfonamides is 4. The second-order valence-corrected chi connectivity index (χ2v) is 43.1. The molecule has 1 aliphatic heterocycles. The van der Waals surface area contributed by atoms with Crippen molar-refractivity contribution >= 4 is 57.9 Å². The summed E-state index contributed by atoms with van der Waals surface area (Å²) in [6.07, 6.45) is 8.90. The van der Waals surface area contributed by atoms with Gasteiger partial charge in [-0.3, -0.25) is 9.59 Å². The molecule has 756 valence electrons. The molecule has 1 heterocycles. The molecule has 0 atom stereocenters. The van der Waals surface area contributed by atoms with Crippen LogP contribution >= 0.6 is 0 Å². The standard InChI is InChI=1S/C14H20O2.C11H13F2NO.2C11H15NO2S.C11H17NO2S.C11H15NO2S.C9H10O3.C9H12.C8H11N.2C8H10O/c1-11-5-7-12(8-6-11)9-10-13(15)16-14(2,3)4;1-8-3-5-9(6-4-8)7-14-10(15)11(2,12)13;1-10-4-6-11(7-5-10)15(13,14)12-8-2-3-9-12;1-9-5-7-11(8-6-9)15(13,14)12-10-3-2-4-10;1-9-5-7-10(8-6-9)15(13,14)12-11(2,3)4;1-4-9-12(3)15(13,14)11-7-5-10(2)6-8-11;1-6-3-7(9(10)11)5-8(4-6)12-2;1-3-9-6-4-8(2)5-7-9;1-7-3-2-4-8(5-7)6-9;1-7-4-3-5-8(6-7)9-2;1-7-5-3-4-6-8(7)9-2/h5-8H,9-10H2,1-4H3;3-6H,7H2,1-2H3,(H,14,15);4-7H,2-3,8-9H2,1H3;5-8,10,12H,2-4H2,1H3;5-8,12H,1-4H3;4-8H,1,9H2,2-3H3;3-5H,1-2H3,(H,10,11);4-7H,3H2,1-2H3;2-5H,6,9H2,1H3;2*3-6H,1-2H3. The number of ether oxygens (including phenoxy) is 4. The number of likely N-dealkylation sites (N-methyl/N-ethyl adjacent to an activating group) is 1. The summed E-state index contributed by atoms with van der Waals surface area (Å²) >= 11 is 0. The Hall–Kier alpha value is -11.6. The zero-order valence-electron chi connectivity index (χ0n) is 85.3. The quantitative estimate of drug-likeness (QED) is 0.0293. The minimum Gasteiger partial charge on any atom is -0.497 e. The summed E-state index contributed by atoms with van der Waals surface area (Å²) in [5, 5.41) is 10.8. The van der Waals surface area contributed by atoms with Gasteiger partial charge < -0.3 is 35.1 Å². The van der Waals surface area contributed by atoms with E-state index in [4.69, 9.17) is 29.8 Å².